The minimum absolute atomic E-state index is 0.156. The fourth-order valence-corrected chi connectivity index (χ4v) is 2.95. The number of hydrogen-bond donors (Lipinski definition) is 2. The Morgan fingerprint density at radius 3 is 2.81 bits per heavy atom. The van der Waals surface area contributed by atoms with E-state index < -0.39 is 6.10 Å². The molecule has 1 saturated heterocycles. The molecule has 8 heteroatoms. The fraction of sp³-hybridized carbons (Fsp3) is 0.500. The number of carbonyl (C=O) groups is 1. The number of rotatable bonds is 6. The quantitative estimate of drug-likeness (QED) is 0.760. The number of amides is 1. The van der Waals surface area contributed by atoms with Gasteiger partial charge in [-0.1, -0.05) is 12.1 Å². The van der Waals surface area contributed by atoms with Crippen LogP contribution in [0.25, 0.3) is 11.0 Å². The average molecular weight is 360 g/mol. The molecule has 0 saturated carbocycles. The zero-order chi connectivity index (χ0) is 18.5. The molecule has 1 atom stereocenters. The molecule has 8 nitrogen and oxygen atoms in total. The molecule has 0 aliphatic carbocycles. The van der Waals surface area contributed by atoms with Gasteiger partial charge in [0.25, 0.3) is 5.56 Å². The molecule has 26 heavy (non-hydrogen) atoms. The first kappa shape index (κ1) is 18.3. The lowest BCUT2D eigenvalue weighted by molar-refractivity contribution is -0.121. The van der Waals surface area contributed by atoms with Gasteiger partial charge >= 0.3 is 0 Å². The lowest BCUT2D eigenvalue weighted by Crippen LogP contribution is -2.41. The third-order valence-electron chi connectivity index (χ3n) is 4.30. The van der Waals surface area contributed by atoms with Crippen molar-refractivity contribution in [3.05, 3.63) is 34.6 Å². The maximum Gasteiger partial charge on any atom is 0.294 e. The Morgan fingerprint density at radius 2 is 2.08 bits per heavy atom. The number of aliphatic hydroxyl groups excluding tert-OH is 1. The Hall–Kier alpha value is -2.45. The lowest BCUT2D eigenvalue weighted by Gasteiger charge is -2.28. The second-order valence-corrected chi connectivity index (χ2v) is 6.38. The number of anilines is 1. The Labute approximate surface area is 151 Å². The number of carbonyl (C=O) groups excluding carboxylic acids is 1. The van der Waals surface area contributed by atoms with Gasteiger partial charge in [0.15, 0.2) is 5.82 Å². The van der Waals surface area contributed by atoms with Crippen LogP contribution in [0.15, 0.2) is 29.1 Å². The zero-order valence-electron chi connectivity index (χ0n) is 14.9. The SMILES string of the molecule is CC(O)CNC(=O)CCn1c(=O)c(N2CCOCC2)nc2ccccc21. The van der Waals surface area contributed by atoms with Crippen LogP contribution >= 0.6 is 0 Å². The van der Waals surface area contributed by atoms with Gasteiger partial charge < -0.3 is 24.6 Å². The van der Waals surface area contributed by atoms with Gasteiger partial charge in [0.05, 0.1) is 30.4 Å². The van der Waals surface area contributed by atoms with Crippen LogP contribution in [0.2, 0.25) is 0 Å². The van der Waals surface area contributed by atoms with E-state index in [4.69, 9.17) is 4.74 Å². The number of nitrogens with one attached hydrogen (secondary N) is 1. The summed E-state index contributed by atoms with van der Waals surface area (Å²) in [5.41, 5.74) is 1.23. The van der Waals surface area contributed by atoms with Crippen LogP contribution in [-0.4, -0.2) is 59.5 Å². The molecule has 140 valence electrons. The third kappa shape index (κ3) is 4.20. The summed E-state index contributed by atoms with van der Waals surface area (Å²) < 4.78 is 6.96. The van der Waals surface area contributed by atoms with Crippen LogP contribution in [-0.2, 0) is 16.1 Å². The van der Waals surface area contributed by atoms with Gasteiger partial charge in [0, 0.05) is 32.6 Å². The summed E-state index contributed by atoms with van der Waals surface area (Å²) in [5, 5.41) is 11.9. The van der Waals surface area contributed by atoms with E-state index in [2.05, 4.69) is 10.3 Å². The van der Waals surface area contributed by atoms with Gasteiger partial charge in [-0.05, 0) is 19.1 Å². The Balaban J connectivity index is 1.88. The smallest absolute Gasteiger partial charge is 0.294 e. The van der Waals surface area contributed by atoms with Gasteiger partial charge in [-0.25, -0.2) is 4.98 Å². The summed E-state index contributed by atoms with van der Waals surface area (Å²) in [6.07, 6.45) is -0.445. The van der Waals surface area contributed by atoms with E-state index in [1.54, 1.807) is 11.5 Å². The standard InChI is InChI=1S/C18H24N4O4/c1-13(23)12-19-16(24)6-7-22-15-5-3-2-4-14(15)20-17(18(22)25)21-8-10-26-11-9-21/h2-5,13,23H,6-12H2,1H3,(H,19,24). The average Bonchev–Trinajstić information content (AvgIpc) is 2.66. The minimum atomic E-state index is -0.601. The van der Waals surface area contributed by atoms with Gasteiger partial charge in [0.1, 0.15) is 0 Å². The molecular formula is C18H24N4O4. The summed E-state index contributed by atoms with van der Waals surface area (Å²) in [7, 11) is 0. The van der Waals surface area contributed by atoms with Crippen LogP contribution in [0.1, 0.15) is 13.3 Å². The van der Waals surface area contributed by atoms with Crippen LogP contribution in [0.3, 0.4) is 0 Å². The summed E-state index contributed by atoms with van der Waals surface area (Å²) in [4.78, 5) is 31.5. The van der Waals surface area contributed by atoms with E-state index in [1.807, 2.05) is 29.2 Å². The highest BCUT2D eigenvalue weighted by Crippen LogP contribution is 2.15. The molecule has 1 unspecified atom stereocenters. The van der Waals surface area contributed by atoms with Crippen molar-refractivity contribution in [1.82, 2.24) is 14.9 Å². The highest BCUT2D eigenvalue weighted by Gasteiger charge is 2.19. The van der Waals surface area contributed by atoms with Crippen LogP contribution < -0.4 is 15.8 Å². The third-order valence-corrected chi connectivity index (χ3v) is 4.30. The summed E-state index contributed by atoms with van der Waals surface area (Å²) in [6, 6.07) is 7.42. The number of hydrogen-bond acceptors (Lipinski definition) is 6. The maximum atomic E-state index is 13.0. The number of fused-ring (bicyclic) bond motifs is 1. The molecule has 1 amide bonds. The lowest BCUT2D eigenvalue weighted by atomic mass is 10.2. The monoisotopic (exact) mass is 360 g/mol. The summed E-state index contributed by atoms with van der Waals surface area (Å²) >= 11 is 0. The van der Waals surface area contributed by atoms with Crippen molar-refractivity contribution in [3.63, 3.8) is 0 Å². The molecule has 1 aliphatic rings. The molecule has 2 heterocycles. The van der Waals surface area contributed by atoms with Gasteiger partial charge in [-0.2, -0.15) is 0 Å². The van der Waals surface area contributed by atoms with Crippen molar-refractivity contribution < 1.29 is 14.6 Å². The number of nitrogens with zero attached hydrogens (tertiary/aromatic N) is 3. The van der Waals surface area contributed by atoms with Crippen molar-refractivity contribution in [2.45, 2.75) is 26.0 Å². The van der Waals surface area contributed by atoms with E-state index in [0.717, 1.165) is 5.52 Å². The van der Waals surface area contributed by atoms with Crippen LogP contribution in [0, 0.1) is 0 Å². The first-order valence-corrected chi connectivity index (χ1v) is 8.83. The molecule has 2 aromatic rings. The number of aliphatic hydroxyl groups is 1. The van der Waals surface area contributed by atoms with E-state index in [1.165, 1.54) is 0 Å². The molecule has 1 aromatic heterocycles. The number of aryl methyl sites for hydroxylation is 1. The highest BCUT2D eigenvalue weighted by atomic mass is 16.5. The second-order valence-electron chi connectivity index (χ2n) is 6.38. The number of ether oxygens (including phenoxy) is 1. The van der Waals surface area contributed by atoms with Gasteiger partial charge in [0.2, 0.25) is 5.91 Å². The molecule has 3 rings (SSSR count). The van der Waals surface area contributed by atoms with Crippen molar-refractivity contribution in [2.24, 2.45) is 0 Å². The summed E-state index contributed by atoms with van der Waals surface area (Å²) in [5.74, 6) is 0.197. The van der Waals surface area contributed by atoms with Gasteiger partial charge in [-0.15, -0.1) is 0 Å². The molecular weight excluding hydrogens is 336 g/mol. The molecule has 1 aromatic carbocycles. The number of morpholine rings is 1. The molecule has 0 spiro atoms. The second kappa shape index (κ2) is 8.29. The molecule has 1 aliphatic heterocycles. The van der Waals surface area contributed by atoms with E-state index in [9.17, 15) is 14.7 Å². The number of benzene rings is 1. The van der Waals surface area contributed by atoms with Crippen molar-refractivity contribution in [3.8, 4) is 0 Å². The first-order chi connectivity index (χ1) is 12.6. The van der Waals surface area contributed by atoms with E-state index in [-0.39, 0.29) is 31.0 Å². The molecule has 0 radical (unpaired) electrons. The predicted octanol–water partition coefficient (Wildman–Crippen LogP) is 0.120. The molecule has 2 N–H and O–H groups in total. The van der Waals surface area contributed by atoms with Crippen molar-refractivity contribution in [2.75, 3.05) is 37.7 Å². The largest absolute Gasteiger partial charge is 0.392 e. The number of aromatic nitrogens is 2. The number of para-hydroxylation sites is 2. The Bertz CT molecular complexity index is 828. The minimum Gasteiger partial charge on any atom is -0.392 e. The molecule has 0 bridgehead atoms. The van der Waals surface area contributed by atoms with Crippen LogP contribution in [0.4, 0.5) is 5.82 Å². The van der Waals surface area contributed by atoms with Crippen molar-refractivity contribution in [1.29, 1.82) is 0 Å². The molecule has 1 fully saturated rings. The zero-order valence-corrected chi connectivity index (χ0v) is 14.9. The maximum absolute atomic E-state index is 13.0. The normalized spacial score (nSPS) is 15.8. The topological polar surface area (TPSA) is 96.7 Å². The van der Waals surface area contributed by atoms with E-state index in [0.29, 0.717) is 37.6 Å². The highest BCUT2D eigenvalue weighted by molar-refractivity contribution is 5.78. The van der Waals surface area contributed by atoms with E-state index >= 15 is 0 Å². The first-order valence-electron chi connectivity index (χ1n) is 8.83. The predicted molar refractivity (Wildman–Crippen MR) is 98.3 cm³/mol. The van der Waals surface area contributed by atoms with Gasteiger partial charge in [-0.3, -0.25) is 9.59 Å². The Kier molecular flexibility index (Phi) is 5.85. The van der Waals surface area contributed by atoms with Crippen molar-refractivity contribution >= 4 is 22.8 Å². The Morgan fingerprint density at radius 1 is 1.35 bits per heavy atom. The fourth-order valence-electron chi connectivity index (χ4n) is 2.95. The summed E-state index contributed by atoms with van der Waals surface area (Å²) in [6.45, 7) is 4.43. The van der Waals surface area contributed by atoms with Crippen LogP contribution in [0.5, 0.6) is 0 Å².